The van der Waals surface area contributed by atoms with Crippen molar-refractivity contribution in [2.75, 3.05) is 7.11 Å². The van der Waals surface area contributed by atoms with Gasteiger partial charge in [0, 0.05) is 5.57 Å². The molecular weight excluding hydrogens is 1100 g/mol. The summed E-state index contributed by atoms with van der Waals surface area (Å²) in [6, 6.07) is 0. The van der Waals surface area contributed by atoms with Crippen LogP contribution in [0, 0.1) is 0 Å². The largest absolute Gasteiger partial charge is 0.501 e. The molecular formula is C90H118O. The van der Waals surface area contributed by atoms with Crippen LogP contribution in [0.4, 0.5) is 0 Å². The number of hydrogen-bond donors (Lipinski definition) is 0. The van der Waals surface area contributed by atoms with Gasteiger partial charge in [-0.25, -0.2) is 0 Å². The van der Waals surface area contributed by atoms with Crippen LogP contribution in [0.3, 0.4) is 0 Å². The van der Waals surface area contributed by atoms with Crippen LogP contribution in [0.15, 0.2) is 368 Å². The van der Waals surface area contributed by atoms with Crippen molar-refractivity contribution in [1.82, 2.24) is 0 Å². The van der Waals surface area contributed by atoms with Crippen LogP contribution < -0.4 is 0 Å². The number of methoxy groups -OCH3 is 1. The molecule has 1 nitrogen and oxygen atoms in total. The summed E-state index contributed by atoms with van der Waals surface area (Å²) in [7, 11) is 1.68. The Hall–Kier alpha value is -8.26. The summed E-state index contributed by atoms with van der Waals surface area (Å²) in [5.74, 6) is 0.972. The normalized spacial score (nSPS) is 15.0. The van der Waals surface area contributed by atoms with Gasteiger partial charge in [0.2, 0.25) is 0 Å². The van der Waals surface area contributed by atoms with Crippen LogP contribution in [0.1, 0.15) is 181 Å². The highest BCUT2D eigenvalue weighted by atomic mass is 16.5. The zero-order valence-corrected chi connectivity index (χ0v) is 59.7. The average Bonchev–Trinajstić information content (AvgIpc) is 4.60. The lowest BCUT2D eigenvalue weighted by Crippen LogP contribution is -1.82. The molecule has 0 spiro atoms. The van der Waals surface area contributed by atoms with E-state index in [1.54, 1.807) is 12.7 Å². The van der Waals surface area contributed by atoms with Gasteiger partial charge in [-0.05, 0) is 169 Å². The van der Waals surface area contributed by atoms with E-state index in [2.05, 4.69) is 309 Å². The van der Waals surface area contributed by atoms with Gasteiger partial charge in [0.1, 0.15) is 0 Å². The van der Waals surface area contributed by atoms with Crippen molar-refractivity contribution in [3.05, 3.63) is 368 Å². The Morgan fingerprint density at radius 3 is 1.00 bits per heavy atom. The van der Waals surface area contributed by atoms with Crippen LogP contribution in [-0.4, -0.2) is 7.11 Å². The summed E-state index contributed by atoms with van der Waals surface area (Å²) in [4.78, 5) is 0. The molecule has 0 N–H and O–H groups in total. The minimum Gasteiger partial charge on any atom is -0.501 e. The second kappa shape index (κ2) is 52.5. The summed E-state index contributed by atoms with van der Waals surface area (Å²) >= 11 is 0. The standard InChI is InChI=1S/C11H16.C10H12.2C10H14.2C9H12.C8H10O.2C8H10.C7H8/c1-3-4-7-10(2)11-8-5-6-9-11;1-8(2)9(3)10-6-4-5-7-10;1-3-6-9(2)10-7-4-5-8-10;1-3-9(4-2)10-7-5-6-8-10;1-3-8(2)9-6-4-5-7-9;1-2-3-6-9-7-4-5-8-9;1-7(9-2)8-5-3-4-6-8;1-7(2)8-5-3-4-6-8;1-2-5-8-6-3-4-7-8;1-2-7-5-3-4-6-7/h5-6,8-9H,3-4,7H2,1-2H3;4-7H,1H2,2-3H3;4-5,7-8H,3,6H2,1-2H3;5-8H,3-4H2,1-2H3;4-7H,3H2,1-2H3;4-8H,2-3H2,1H3;3-6H,1-2H3;3-6H,1-2H3;3-7H,2H2,1H3;2-6H,1H3. The van der Waals surface area contributed by atoms with Gasteiger partial charge in [-0.1, -0.05) is 369 Å². The first-order chi connectivity index (χ1) is 44.1. The van der Waals surface area contributed by atoms with Gasteiger partial charge in [0.25, 0.3) is 0 Å². The Morgan fingerprint density at radius 1 is 0.352 bits per heavy atom. The van der Waals surface area contributed by atoms with Crippen LogP contribution in [0.2, 0.25) is 0 Å². The molecule has 0 fully saturated rings. The molecule has 0 unspecified atom stereocenters. The highest BCUT2D eigenvalue weighted by molar-refractivity contribution is 5.49. The molecule has 0 amide bonds. The molecule has 0 radical (unpaired) electrons. The lowest BCUT2D eigenvalue weighted by atomic mass is 10.0. The van der Waals surface area contributed by atoms with Gasteiger partial charge >= 0.3 is 0 Å². The SMILES string of the molecule is C=C(C)C(C)=C1C=CC=C1.CC(C)=C1C=CC=C1.CC=C1C=CC=C1.CCC(C)=C1C=CC=C1.CCC(CC)=C1C=CC=C1.CCC=C1C=CC=C1.CCCC(C)=C1C=CC=C1.CCCC=C1C=CC=C1.CCCCC(C)=C1C=CC=C1.COC(C)=C1C=CC=C1. The fourth-order valence-corrected chi connectivity index (χ4v) is 9.04. The maximum atomic E-state index is 5.01. The van der Waals surface area contributed by atoms with E-state index in [1.807, 2.05) is 69.4 Å². The number of unbranched alkanes of at least 4 members (excludes halogenated alkanes) is 2. The Labute approximate surface area is 558 Å². The lowest BCUT2D eigenvalue weighted by molar-refractivity contribution is 0.291. The zero-order valence-electron chi connectivity index (χ0n) is 59.7. The van der Waals surface area contributed by atoms with E-state index in [0.29, 0.717) is 0 Å². The zero-order chi connectivity index (χ0) is 67.3. The van der Waals surface area contributed by atoms with E-state index in [1.165, 1.54) is 136 Å². The van der Waals surface area contributed by atoms with E-state index in [9.17, 15) is 0 Å². The first kappa shape index (κ1) is 80.8. The van der Waals surface area contributed by atoms with Gasteiger partial charge in [-0.3, -0.25) is 0 Å². The molecule has 484 valence electrons. The van der Waals surface area contributed by atoms with Crippen molar-refractivity contribution in [1.29, 1.82) is 0 Å². The highest BCUT2D eigenvalue weighted by Gasteiger charge is 2.02. The van der Waals surface area contributed by atoms with E-state index in [4.69, 9.17) is 4.74 Å². The van der Waals surface area contributed by atoms with Crippen LogP contribution in [0.25, 0.3) is 0 Å². The number of hydrogen-bond acceptors (Lipinski definition) is 1. The molecule has 10 rings (SSSR count). The second-order valence-electron chi connectivity index (χ2n) is 22.8. The summed E-state index contributed by atoms with van der Waals surface area (Å²) in [6.45, 7) is 38.2. The van der Waals surface area contributed by atoms with Crippen LogP contribution in [0.5, 0.6) is 0 Å². The predicted molar refractivity (Wildman–Crippen MR) is 414 cm³/mol. The molecule has 0 aromatic carbocycles. The number of allylic oxidation sites excluding steroid dienone is 61. The molecule has 0 bridgehead atoms. The quantitative estimate of drug-likeness (QED) is 0.167. The Kier molecular flexibility index (Phi) is 46.6. The molecule has 0 aliphatic heterocycles. The smallest absolute Gasteiger partial charge is 0.0996 e. The third kappa shape index (κ3) is 37.5. The Balaban J connectivity index is 0.000000507. The number of ether oxygens (including phenoxy) is 1. The molecule has 0 saturated heterocycles. The van der Waals surface area contributed by atoms with E-state index in [-0.39, 0.29) is 0 Å². The third-order valence-corrected chi connectivity index (χ3v) is 15.3. The maximum Gasteiger partial charge on any atom is 0.0996 e. The molecule has 0 aromatic rings. The minimum absolute atomic E-state index is 0.972. The Bertz CT molecular complexity index is 3060. The van der Waals surface area contributed by atoms with Crippen LogP contribution >= 0.6 is 0 Å². The topological polar surface area (TPSA) is 9.23 Å². The number of rotatable bonds is 13. The van der Waals surface area contributed by atoms with Gasteiger partial charge in [-0.2, -0.15) is 0 Å². The third-order valence-electron chi connectivity index (χ3n) is 15.3. The summed E-state index contributed by atoms with van der Waals surface area (Å²) in [5, 5.41) is 0. The molecule has 91 heavy (non-hydrogen) atoms. The van der Waals surface area contributed by atoms with E-state index >= 15 is 0 Å². The summed E-state index contributed by atoms with van der Waals surface area (Å²) in [6.07, 6.45) is 104. The van der Waals surface area contributed by atoms with Crippen molar-refractivity contribution < 1.29 is 4.74 Å². The van der Waals surface area contributed by atoms with Crippen molar-refractivity contribution in [3.8, 4) is 0 Å². The van der Waals surface area contributed by atoms with Crippen molar-refractivity contribution in [2.24, 2.45) is 0 Å². The fraction of sp³-hybridized carbons (Fsp3) is 0.311. The van der Waals surface area contributed by atoms with Crippen LogP contribution in [-0.2, 0) is 4.74 Å². The van der Waals surface area contributed by atoms with Gasteiger partial charge in [-0.15, -0.1) is 0 Å². The van der Waals surface area contributed by atoms with E-state index in [0.717, 1.165) is 29.7 Å². The van der Waals surface area contributed by atoms with Gasteiger partial charge < -0.3 is 4.74 Å². The predicted octanol–water partition coefficient (Wildman–Crippen LogP) is 27.7. The highest BCUT2D eigenvalue weighted by Crippen LogP contribution is 2.22. The van der Waals surface area contributed by atoms with Gasteiger partial charge in [0.15, 0.2) is 0 Å². The Morgan fingerprint density at radius 2 is 0.692 bits per heavy atom. The average molecular weight is 1220 g/mol. The molecule has 10 aliphatic rings. The maximum absolute atomic E-state index is 5.01. The van der Waals surface area contributed by atoms with Crippen molar-refractivity contribution in [3.63, 3.8) is 0 Å². The first-order valence-electron chi connectivity index (χ1n) is 33.7. The summed E-state index contributed by atoms with van der Waals surface area (Å²) in [5.41, 5.74) is 23.3. The van der Waals surface area contributed by atoms with Crippen molar-refractivity contribution >= 4 is 0 Å². The summed E-state index contributed by atoms with van der Waals surface area (Å²) < 4.78 is 5.01. The minimum atomic E-state index is 0.972. The molecule has 1 heteroatoms. The monoisotopic (exact) mass is 1210 g/mol. The second-order valence-corrected chi connectivity index (χ2v) is 22.8. The molecule has 0 saturated carbocycles. The van der Waals surface area contributed by atoms with E-state index < -0.39 is 0 Å². The first-order valence-corrected chi connectivity index (χ1v) is 33.7. The molecule has 0 heterocycles. The molecule has 0 atom stereocenters. The molecule has 10 aliphatic carbocycles. The fourth-order valence-electron chi connectivity index (χ4n) is 9.04. The van der Waals surface area contributed by atoms with Gasteiger partial charge in [0.05, 0.1) is 12.9 Å². The lowest BCUT2D eigenvalue weighted by Gasteiger charge is -2.01. The molecule has 0 aromatic heterocycles. The van der Waals surface area contributed by atoms with Crippen molar-refractivity contribution in [2.45, 2.75) is 181 Å².